The summed E-state index contributed by atoms with van der Waals surface area (Å²) in [7, 11) is 5.07. The van der Waals surface area contributed by atoms with Gasteiger partial charge in [-0.25, -0.2) is 0 Å². The predicted octanol–water partition coefficient (Wildman–Crippen LogP) is 5.08. The van der Waals surface area contributed by atoms with Gasteiger partial charge in [0, 0.05) is 0 Å². The molecule has 0 aliphatic heterocycles. The van der Waals surface area contributed by atoms with Crippen molar-refractivity contribution in [2.75, 3.05) is 34.4 Å². The van der Waals surface area contributed by atoms with E-state index in [0.717, 1.165) is 62.4 Å². The molecule has 3 rings (SSSR count). The summed E-state index contributed by atoms with van der Waals surface area (Å²) in [5, 5.41) is 3.57. The molecule has 0 fully saturated rings. The Morgan fingerprint density at radius 2 is 1.48 bits per heavy atom. The molecule has 1 aliphatic rings. The predicted molar refractivity (Wildman–Crippen MR) is 122 cm³/mol. The van der Waals surface area contributed by atoms with Crippen molar-refractivity contribution in [1.82, 2.24) is 5.32 Å². The molecule has 1 aliphatic carbocycles. The molecule has 0 aromatic heterocycles. The molecule has 0 unspecified atom stereocenters. The minimum atomic E-state index is 0. The molecule has 0 heterocycles. The SMILES string of the molecule is COc1ccc(CCCNCCCC2=Cc3cc(OC)c(OC)cc3C2)cc1.Cl. The van der Waals surface area contributed by atoms with Crippen molar-refractivity contribution in [2.24, 2.45) is 0 Å². The maximum atomic E-state index is 5.41. The summed E-state index contributed by atoms with van der Waals surface area (Å²) in [6.07, 6.45) is 7.87. The number of hydrogen-bond donors (Lipinski definition) is 1. The number of benzene rings is 2. The van der Waals surface area contributed by atoms with Crippen molar-refractivity contribution in [1.29, 1.82) is 0 Å². The highest BCUT2D eigenvalue weighted by Gasteiger charge is 2.16. The van der Waals surface area contributed by atoms with Crippen molar-refractivity contribution >= 4 is 18.5 Å². The molecule has 5 heteroatoms. The first-order chi connectivity index (χ1) is 13.7. The molecule has 0 saturated carbocycles. The van der Waals surface area contributed by atoms with E-state index in [9.17, 15) is 0 Å². The summed E-state index contributed by atoms with van der Waals surface area (Å²) >= 11 is 0. The standard InChI is InChI=1S/C24H31NO3.ClH/c1-26-22-10-8-18(9-11-22)6-4-12-25-13-5-7-19-14-20-16-23(27-2)24(28-3)17-21(20)15-19;/h8-11,14,16-17,25H,4-7,12-13,15H2,1-3H3;1H. The normalized spacial score (nSPS) is 12.0. The molecule has 158 valence electrons. The van der Waals surface area contributed by atoms with Gasteiger partial charge in [-0.15, -0.1) is 12.4 Å². The van der Waals surface area contributed by atoms with Gasteiger partial charge in [-0.3, -0.25) is 0 Å². The van der Waals surface area contributed by atoms with Crippen LogP contribution in [-0.4, -0.2) is 34.4 Å². The summed E-state index contributed by atoms with van der Waals surface area (Å²) in [6, 6.07) is 12.5. The van der Waals surface area contributed by atoms with Gasteiger partial charge in [-0.05, 0) is 86.1 Å². The lowest BCUT2D eigenvalue weighted by atomic mass is 10.1. The lowest BCUT2D eigenvalue weighted by Gasteiger charge is -2.09. The van der Waals surface area contributed by atoms with Crippen LogP contribution in [0, 0.1) is 0 Å². The molecule has 0 bridgehead atoms. The van der Waals surface area contributed by atoms with Gasteiger partial charge in [0.05, 0.1) is 21.3 Å². The van der Waals surface area contributed by atoms with Crippen LogP contribution in [0.25, 0.3) is 6.08 Å². The molecule has 29 heavy (non-hydrogen) atoms. The van der Waals surface area contributed by atoms with Crippen molar-refractivity contribution in [2.45, 2.75) is 32.1 Å². The summed E-state index contributed by atoms with van der Waals surface area (Å²) in [5.41, 5.74) is 5.45. The van der Waals surface area contributed by atoms with Crippen molar-refractivity contribution in [3.8, 4) is 17.2 Å². The van der Waals surface area contributed by atoms with Crippen LogP contribution in [0.1, 0.15) is 36.0 Å². The van der Waals surface area contributed by atoms with Crippen LogP contribution in [0.15, 0.2) is 42.0 Å². The number of ether oxygens (including phenoxy) is 3. The Balaban J connectivity index is 0.00000300. The van der Waals surface area contributed by atoms with Crippen LogP contribution in [0.3, 0.4) is 0 Å². The summed E-state index contributed by atoms with van der Waals surface area (Å²) in [6.45, 7) is 2.11. The number of hydrogen-bond acceptors (Lipinski definition) is 4. The van der Waals surface area contributed by atoms with E-state index in [4.69, 9.17) is 14.2 Å². The Bertz CT molecular complexity index is 803. The number of fused-ring (bicyclic) bond motifs is 1. The summed E-state index contributed by atoms with van der Waals surface area (Å²) < 4.78 is 16.0. The van der Waals surface area contributed by atoms with E-state index in [1.165, 1.54) is 22.3 Å². The quantitative estimate of drug-likeness (QED) is 0.518. The average Bonchev–Trinajstić information content (AvgIpc) is 3.13. The minimum Gasteiger partial charge on any atom is -0.497 e. The van der Waals surface area contributed by atoms with Crippen LogP contribution in [-0.2, 0) is 12.8 Å². The molecule has 2 aromatic rings. The fourth-order valence-corrected chi connectivity index (χ4v) is 3.68. The van der Waals surface area contributed by atoms with Gasteiger partial charge >= 0.3 is 0 Å². The largest absolute Gasteiger partial charge is 0.497 e. The molecule has 0 atom stereocenters. The minimum absolute atomic E-state index is 0. The fourth-order valence-electron chi connectivity index (χ4n) is 3.68. The molecular weight excluding hydrogens is 386 g/mol. The number of aryl methyl sites for hydroxylation is 1. The molecule has 1 N–H and O–H groups in total. The van der Waals surface area contributed by atoms with Crippen LogP contribution in [0.4, 0.5) is 0 Å². The molecule has 4 nitrogen and oxygen atoms in total. The van der Waals surface area contributed by atoms with Crippen LogP contribution < -0.4 is 19.5 Å². The highest BCUT2D eigenvalue weighted by atomic mass is 35.5. The molecular formula is C24H32ClNO3. The third-order valence-corrected chi connectivity index (χ3v) is 5.25. The second-order valence-electron chi connectivity index (χ2n) is 7.19. The van der Waals surface area contributed by atoms with E-state index in [-0.39, 0.29) is 12.4 Å². The van der Waals surface area contributed by atoms with Gasteiger partial charge in [-0.2, -0.15) is 0 Å². The van der Waals surface area contributed by atoms with Crippen molar-refractivity contribution in [3.63, 3.8) is 0 Å². The van der Waals surface area contributed by atoms with E-state index in [1.807, 2.05) is 12.1 Å². The molecule has 0 spiro atoms. The summed E-state index contributed by atoms with van der Waals surface area (Å²) in [5.74, 6) is 2.54. The third kappa shape index (κ3) is 6.41. The van der Waals surface area contributed by atoms with Crippen molar-refractivity contribution in [3.05, 3.63) is 58.7 Å². The number of allylic oxidation sites excluding steroid dienone is 1. The zero-order chi connectivity index (χ0) is 19.8. The first kappa shape index (κ1) is 23.1. The van der Waals surface area contributed by atoms with Gasteiger partial charge in [0.1, 0.15) is 5.75 Å². The van der Waals surface area contributed by atoms with Gasteiger partial charge in [0.2, 0.25) is 0 Å². The summed E-state index contributed by atoms with van der Waals surface area (Å²) in [4.78, 5) is 0. The highest BCUT2D eigenvalue weighted by molar-refractivity contribution is 5.85. The third-order valence-electron chi connectivity index (χ3n) is 5.25. The van der Waals surface area contributed by atoms with Gasteiger partial charge < -0.3 is 19.5 Å². The molecule has 0 radical (unpaired) electrons. The van der Waals surface area contributed by atoms with Crippen LogP contribution in [0.2, 0.25) is 0 Å². The zero-order valence-corrected chi connectivity index (χ0v) is 18.4. The van der Waals surface area contributed by atoms with E-state index in [2.05, 4.69) is 35.7 Å². The van der Waals surface area contributed by atoms with E-state index < -0.39 is 0 Å². The number of methoxy groups -OCH3 is 3. The average molecular weight is 418 g/mol. The smallest absolute Gasteiger partial charge is 0.161 e. The first-order valence-electron chi connectivity index (χ1n) is 10.0. The first-order valence-corrected chi connectivity index (χ1v) is 10.0. The Labute approximate surface area is 180 Å². The Morgan fingerprint density at radius 1 is 0.828 bits per heavy atom. The maximum Gasteiger partial charge on any atom is 0.161 e. The topological polar surface area (TPSA) is 39.7 Å². The maximum absolute atomic E-state index is 5.41. The Morgan fingerprint density at radius 3 is 2.14 bits per heavy atom. The van der Waals surface area contributed by atoms with E-state index in [1.54, 1.807) is 21.3 Å². The van der Waals surface area contributed by atoms with Crippen molar-refractivity contribution < 1.29 is 14.2 Å². The highest BCUT2D eigenvalue weighted by Crippen LogP contribution is 2.36. The van der Waals surface area contributed by atoms with Gasteiger partial charge in [-0.1, -0.05) is 23.8 Å². The van der Waals surface area contributed by atoms with E-state index >= 15 is 0 Å². The fraction of sp³-hybridized carbons (Fsp3) is 0.417. The second kappa shape index (κ2) is 11.7. The Hall–Kier alpha value is -2.17. The molecule has 0 amide bonds. The number of halogens is 1. The monoisotopic (exact) mass is 417 g/mol. The van der Waals surface area contributed by atoms with Crippen LogP contribution >= 0.6 is 12.4 Å². The van der Waals surface area contributed by atoms with Crippen LogP contribution in [0.5, 0.6) is 17.2 Å². The lowest BCUT2D eigenvalue weighted by Crippen LogP contribution is -2.17. The number of rotatable bonds is 11. The van der Waals surface area contributed by atoms with Gasteiger partial charge in [0.25, 0.3) is 0 Å². The zero-order valence-electron chi connectivity index (χ0n) is 17.6. The Kier molecular flexibility index (Phi) is 9.36. The molecule has 2 aromatic carbocycles. The van der Waals surface area contributed by atoms with E-state index in [0.29, 0.717) is 0 Å². The molecule has 0 saturated heterocycles. The van der Waals surface area contributed by atoms with Gasteiger partial charge in [0.15, 0.2) is 11.5 Å². The second-order valence-corrected chi connectivity index (χ2v) is 7.19. The number of nitrogens with one attached hydrogen (secondary N) is 1. The lowest BCUT2D eigenvalue weighted by molar-refractivity contribution is 0.354.